The normalized spacial score (nSPS) is 14.4. The minimum absolute atomic E-state index is 0.0624. The maximum Gasteiger partial charge on any atom is 0.408 e. The summed E-state index contributed by atoms with van der Waals surface area (Å²) in [5, 5.41) is 23.4. The molecule has 11 nitrogen and oxygen atoms in total. The largest absolute Gasteiger partial charge is 0.467 e. The van der Waals surface area contributed by atoms with Crippen LogP contribution in [0.5, 0.6) is 0 Å². The van der Waals surface area contributed by atoms with Crippen LogP contribution in [0.1, 0.15) is 23.4 Å². The molecule has 2 aromatic carbocycles. The molecule has 0 saturated carbocycles. The molecule has 0 spiro atoms. The SMILES string of the molecule is COC(=O)[C@H](CCP(=O)(O)C(O)c1ccc(Cl)c([N+](=O)[O-])c1)NC(=O)OCc1ccccc1. The summed E-state index contributed by atoms with van der Waals surface area (Å²) >= 11 is 5.72. The number of hydrogen-bond donors (Lipinski definition) is 3. The first-order chi connectivity index (χ1) is 15.5. The molecular weight excluding hydrogens is 479 g/mol. The first-order valence-corrected chi connectivity index (χ1v) is 11.8. The molecule has 0 heterocycles. The Bertz CT molecular complexity index is 1050. The Morgan fingerprint density at radius 1 is 1.24 bits per heavy atom. The predicted octanol–water partition coefficient (Wildman–Crippen LogP) is 3.37. The fraction of sp³-hybridized carbons (Fsp3) is 0.300. The molecule has 178 valence electrons. The van der Waals surface area contributed by atoms with Crippen molar-refractivity contribution in [2.45, 2.75) is 24.9 Å². The van der Waals surface area contributed by atoms with Crippen LogP contribution in [0.3, 0.4) is 0 Å². The number of aliphatic hydroxyl groups is 1. The van der Waals surface area contributed by atoms with Gasteiger partial charge in [-0.05, 0) is 23.6 Å². The zero-order valence-corrected chi connectivity index (χ0v) is 19.1. The molecule has 3 N–H and O–H groups in total. The van der Waals surface area contributed by atoms with Gasteiger partial charge in [-0.2, -0.15) is 0 Å². The molecule has 1 amide bonds. The first kappa shape index (κ1) is 26.3. The van der Waals surface area contributed by atoms with Crippen molar-refractivity contribution >= 4 is 36.7 Å². The number of rotatable bonds is 10. The minimum Gasteiger partial charge on any atom is -0.467 e. The van der Waals surface area contributed by atoms with Gasteiger partial charge in [0.15, 0.2) is 5.85 Å². The van der Waals surface area contributed by atoms with Gasteiger partial charge in [0.05, 0.1) is 12.0 Å². The summed E-state index contributed by atoms with van der Waals surface area (Å²) in [4.78, 5) is 44.6. The number of carbonyl (C=O) groups excluding carboxylic acids is 2. The smallest absolute Gasteiger partial charge is 0.408 e. The fourth-order valence-electron chi connectivity index (χ4n) is 2.80. The molecule has 0 aliphatic heterocycles. The number of hydrogen-bond acceptors (Lipinski definition) is 8. The van der Waals surface area contributed by atoms with Gasteiger partial charge < -0.3 is 24.8 Å². The Kier molecular flexibility index (Phi) is 9.36. The van der Waals surface area contributed by atoms with Gasteiger partial charge in [0, 0.05) is 12.2 Å². The Labute approximate surface area is 193 Å². The van der Waals surface area contributed by atoms with E-state index in [9.17, 15) is 34.3 Å². The van der Waals surface area contributed by atoms with Crippen LogP contribution >= 0.6 is 19.0 Å². The third-order valence-corrected chi connectivity index (χ3v) is 6.86. The van der Waals surface area contributed by atoms with Gasteiger partial charge in [0.25, 0.3) is 5.69 Å². The molecule has 3 atom stereocenters. The van der Waals surface area contributed by atoms with Crippen molar-refractivity contribution < 1.29 is 38.6 Å². The van der Waals surface area contributed by atoms with E-state index >= 15 is 0 Å². The lowest BCUT2D eigenvalue weighted by Crippen LogP contribution is -2.42. The first-order valence-electron chi connectivity index (χ1n) is 9.53. The van der Waals surface area contributed by atoms with Crippen LogP contribution in [-0.4, -0.2) is 46.3 Å². The summed E-state index contributed by atoms with van der Waals surface area (Å²) < 4.78 is 22.3. The predicted molar refractivity (Wildman–Crippen MR) is 118 cm³/mol. The number of amides is 1. The summed E-state index contributed by atoms with van der Waals surface area (Å²) in [7, 11) is -3.32. The van der Waals surface area contributed by atoms with Crippen molar-refractivity contribution in [1.29, 1.82) is 0 Å². The molecule has 0 saturated heterocycles. The number of benzene rings is 2. The third-order valence-electron chi connectivity index (χ3n) is 4.58. The lowest BCUT2D eigenvalue weighted by atomic mass is 10.2. The van der Waals surface area contributed by atoms with Gasteiger partial charge in [-0.1, -0.05) is 48.0 Å². The van der Waals surface area contributed by atoms with E-state index in [-0.39, 0.29) is 23.6 Å². The van der Waals surface area contributed by atoms with Gasteiger partial charge in [0.1, 0.15) is 17.7 Å². The standard InChI is InChI=1S/C20H22ClN2O9P/c1-31-18(24)16(22-20(26)32-12-13-5-3-2-4-6-13)9-10-33(29,30)19(25)14-7-8-15(21)17(11-14)23(27)28/h2-8,11,16,19,25H,9-10,12H2,1H3,(H,22,26)(H,29,30)/t16-,19?/m0/s1. The second kappa shape index (κ2) is 11.8. The van der Waals surface area contributed by atoms with Crippen molar-refractivity contribution in [2.75, 3.05) is 13.3 Å². The Balaban J connectivity index is 2.04. The van der Waals surface area contributed by atoms with Crippen LogP contribution < -0.4 is 5.32 Å². The molecule has 2 rings (SSSR count). The number of nitrogens with zero attached hydrogens (tertiary/aromatic N) is 1. The van der Waals surface area contributed by atoms with Crippen molar-refractivity contribution in [1.82, 2.24) is 5.32 Å². The van der Waals surface area contributed by atoms with E-state index < -0.39 is 48.1 Å². The van der Waals surface area contributed by atoms with Gasteiger partial charge in [0.2, 0.25) is 7.37 Å². The van der Waals surface area contributed by atoms with E-state index in [1.807, 2.05) is 0 Å². The number of nitro groups is 1. The lowest BCUT2D eigenvalue weighted by molar-refractivity contribution is -0.384. The molecule has 2 unspecified atom stereocenters. The highest BCUT2D eigenvalue weighted by Crippen LogP contribution is 2.55. The fourth-order valence-corrected chi connectivity index (χ4v) is 4.48. The highest BCUT2D eigenvalue weighted by atomic mass is 35.5. The van der Waals surface area contributed by atoms with Crippen molar-refractivity contribution in [3.8, 4) is 0 Å². The number of aliphatic hydroxyl groups excluding tert-OH is 1. The van der Waals surface area contributed by atoms with Crippen LogP contribution in [-0.2, 0) is 25.4 Å². The second-order valence-electron chi connectivity index (χ2n) is 6.89. The highest BCUT2D eigenvalue weighted by Gasteiger charge is 2.34. The van der Waals surface area contributed by atoms with Crippen molar-refractivity contribution in [3.63, 3.8) is 0 Å². The van der Waals surface area contributed by atoms with Gasteiger partial charge in [-0.3, -0.25) is 14.7 Å². The van der Waals surface area contributed by atoms with E-state index in [0.717, 1.165) is 19.2 Å². The quantitative estimate of drug-likeness (QED) is 0.192. The lowest BCUT2D eigenvalue weighted by Gasteiger charge is -2.21. The molecule has 0 aliphatic carbocycles. The summed E-state index contributed by atoms with van der Waals surface area (Å²) in [6, 6.07) is 10.6. The number of nitrogens with one attached hydrogen (secondary N) is 1. The van der Waals surface area contributed by atoms with Crippen molar-refractivity contribution in [3.05, 3.63) is 74.8 Å². The Morgan fingerprint density at radius 3 is 2.52 bits per heavy atom. The summed E-state index contributed by atoms with van der Waals surface area (Å²) in [6.45, 7) is -0.0624. The van der Waals surface area contributed by atoms with E-state index in [0.29, 0.717) is 5.56 Å². The molecule has 0 radical (unpaired) electrons. The highest BCUT2D eigenvalue weighted by molar-refractivity contribution is 7.58. The molecule has 13 heteroatoms. The Hall–Kier alpha value is -2.98. The number of ether oxygens (including phenoxy) is 2. The van der Waals surface area contributed by atoms with Gasteiger partial charge in [-0.25, -0.2) is 9.59 Å². The average Bonchev–Trinajstić information content (AvgIpc) is 2.80. The average molecular weight is 501 g/mol. The maximum atomic E-state index is 12.7. The van der Waals surface area contributed by atoms with Crippen LogP contribution in [0, 0.1) is 10.1 Å². The van der Waals surface area contributed by atoms with E-state index in [2.05, 4.69) is 10.1 Å². The number of alkyl carbamates (subject to hydrolysis) is 1. The molecular formula is C20H22ClN2O9P. The van der Waals surface area contributed by atoms with E-state index in [1.54, 1.807) is 30.3 Å². The number of halogens is 1. The Morgan fingerprint density at radius 2 is 1.91 bits per heavy atom. The maximum absolute atomic E-state index is 12.7. The van der Waals surface area contributed by atoms with E-state index in [1.165, 1.54) is 6.07 Å². The number of esters is 1. The molecule has 0 aromatic heterocycles. The third kappa shape index (κ3) is 7.54. The minimum atomic E-state index is -4.39. The van der Waals surface area contributed by atoms with Crippen LogP contribution in [0.4, 0.5) is 10.5 Å². The zero-order chi connectivity index (χ0) is 24.6. The van der Waals surface area contributed by atoms with Crippen LogP contribution in [0.15, 0.2) is 48.5 Å². The number of methoxy groups -OCH3 is 1. The zero-order valence-electron chi connectivity index (χ0n) is 17.4. The molecule has 0 fully saturated rings. The molecule has 0 aliphatic rings. The molecule has 2 aromatic rings. The number of carbonyl (C=O) groups is 2. The summed E-state index contributed by atoms with van der Waals surface area (Å²) in [5.74, 6) is -2.86. The number of nitro benzene ring substituents is 1. The van der Waals surface area contributed by atoms with Crippen LogP contribution in [0.25, 0.3) is 0 Å². The van der Waals surface area contributed by atoms with Crippen molar-refractivity contribution in [2.24, 2.45) is 0 Å². The van der Waals surface area contributed by atoms with Gasteiger partial charge in [-0.15, -0.1) is 0 Å². The summed E-state index contributed by atoms with van der Waals surface area (Å²) in [5.41, 5.74) is -0.0208. The topological polar surface area (TPSA) is 165 Å². The molecule has 0 bridgehead atoms. The monoisotopic (exact) mass is 500 g/mol. The second-order valence-corrected chi connectivity index (χ2v) is 9.75. The van der Waals surface area contributed by atoms with Crippen LogP contribution in [0.2, 0.25) is 5.02 Å². The molecule has 33 heavy (non-hydrogen) atoms. The van der Waals surface area contributed by atoms with Gasteiger partial charge >= 0.3 is 12.1 Å². The van der Waals surface area contributed by atoms with E-state index in [4.69, 9.17) is 16.3 Å². The summed E-state index contributed by atoms with van der Waals surface area (Å²) in [6.07, 6.45) is -1.92.